The second kappa shape index (κ2) is 17.1. The number of likely N-dealkylation sites (N-methyl/N-ethyl adjacent to an activating group) is 1. The number of nitrogens with one attached hydrogen (secondary N) is 1. The Kier molecular flexibility index (Phi) is 13.2. The molecular weight excluding hydrogens is 708 g/mol. The maximum atomic E-state index is 15.1. The van der Waals surface area contributed by atoms with Crippen LogP contribution in [0.15, 0.2) is 72.8 Å². The van der Waals surface area contributed by atoms with Gasteiger partial charge in [-0.05, 0) is 80.5 Å². The van der Waals surface area contributed by atoms with Crippen molar-refractivity contribution < 1.29 is 33.4 Å². The summed E-state index contributed by atoms with van der Waals surface area (Å²) in [4.78, 5) is 73.2. The number of nitrogens with zero attached hydrogens (tertiary/aromatic N) is 3. The Morgan fingerprint density at radius 2 is 1.48 bits per heavy atom. The maximum Gasteiger partial charge on any atom is 0.410 e. The van der Waals surface area contributed by atoms with E-state index in [4.69, 9.17) is 21.1 Å². The van der Waals surface area contributed by atoms with Crippen LogP contribution >= 0.6 is 11.6 Å². The lowest BCUT2D eigenvalue weighted by molar-refractivity contribution is -0.152. The molecule has 0 saturated carbocycles. The van der Waals surface area contributed by atoms with Crippen molar-refractivity contribution in [3.05, 3.63) is 106 Å². The van der Waals surface area contributed by atoms with Crippen LogP contribution in [0.2, 0.25) is 5.02 Å². The molecule has 0 aromatic heterocycles. The minimum Gasteiger partial charge on any atom is -0.465 e. The van der Waals surface area contributed by atoms with Gasteiger partial charge in [-0.1, -0.05) is 87.0 Å². The zero-order chi connectivity index (χ0) is 40.1. The van der Waals surface area contributed by atoms with Crippen molar-refractivity contribution in [3.8, 4) is 0 Å². The van der Waals surface area contributed by atoms with Crippen molar-refractivity contribution in [1.29, 1.82) is 0 Å². The van der Waals surface area contributed by atoms with E-state index in [1.165, 1.54) is 19.1 Å². The largest absolute Gasteiger partial charge is 0.465 e. The molecule has 0 saturated heterocycles. The number of hydrogen-bond acceptors (Lipinski definition) is 7. The molecule has 0 spiro atoms. The van der Waals surface area contributed by atoms with Crippen LogP contribution in [0.4, 0.5) is 4.79 Å². The monoisotopic (exact) mass is 760 g/mol. The topological polar surface area (TPSA) is 126 Å². The molecule has 0 fully saturated rings. The number of rotatable bonds is 10. The Bertz CT molecular complexity index is 1850. The number of halogens is 1. The highest BCUT2D eigenvalue weighted by Crippen LogP contribution is 2.34. The number of ether oxygens (including phenoxy) is 2. The molecule has 4 atom stereocenters. The quantitative estimate of drug-likeness (QED) is 0.222. The van der Waals surface area contributed by atoms with Gasteiger partial charge in [0.1, 0.15) is 23.7 Å². The van der Waals surface area contributed by atoms with Crippen molar-refractivity contribution in [3.63, 3.8) is 0 Å². The Morgan fingerprint density at radius 3 is 2.06 bits per heavy atom. The molecule has 3 unspecified atom stereocenters. The minimum absolute atomic E-state index is 0.142. The van der Waals surface area contributed by atoms with E-state index < -0.39 is 59.1 Å². The molecule has 3 aromatic rings. The van der Waals surface area contributed by atoms with E-state index in [1.807, 2.05) is 70.2 Å². The number of fused-ring (bicyclic) bond motifs is 1. The fraction of sp³-hybridized carbons (Fsp3) is 0.452. The predicted molar refractivity (Wildman–Crippen MR) is 208 cm³/mol. The highest BCUT2D eigenvalue weighted by molar-refractivity contribution is 6.31. The first-order valence-electron chi connectivity index (χ1n) is 18.1. The standard InChI is InChI=1S/C42H53ClN4O7/c1-26(32-17-13-14-18-33(32)43)46(24-28-19-21-29(22-20-28)39(51)53-10)37(49)34-23-30-15-11-12-16-31(30)25-47(34)38(50)35(41(3,4)5)44-36(48)27(2)45(9)40(52)54-42(6,7)8/h11-22,26-27,34-35H,23-25H2,1-10H3,(H,44,48)/t26-,27?,34?,35?/m1/s1. The molecule has 11 nitrogen and oxygen atoms in total. The molecule has 0 aliphatic carbocycles. The molecule has 4 amide bonds. The predicted octanol–water partition coefficient (Wildman–Crippen LogP) is 6.96. The average Bonchev–Trinajstić information content (AvgIpc) is 3.12. The van der Waals surface area contributed by atoms with Crippen LogP contribution in [0, 0.1) is 5.41 Å². The number of methoxy groups -OCH3 is 1. The van der Waals surface area contributed by atoms with E-state index in [1.54, 1.807) is 67.8 Å². The van der Waals surface area contributed by atoms with Gasteiger partial charge >= 0.3 is 12.1 Å². The second-order valence-corrected chi connectivity index (χ2v) is 16.3. The molecular formula is C42H53ClN4O7. The first kappa shape index (κ1) is 41.9. The summed E-state index contributed by atoms with van der Waals surface area (Å²) in [5, 5.41) is 3.41. The van der Waals surface area contributed by atoms with Crippen molar-refractivity contribution in [2.45, 2.75) is 105 Å². The lowest BCUT2D eigenvalue weighted by atomic mass is 9.84. The number of benzene rings is 3. The third kappa shape index (κ3) is 9.99. The van der Waals surface area contributed by atoms with Crippen molar-refractivity contribution >= 4 is 41.4 Å². The van der Waals surface area contributed by atoms with Crippen LogP contribution < -0.4 is 5.32 Å². The Labute approximate surface area is 323 Å². The average molecular weight is 761 g/mol. The smallest absolute Gasteiger partial charge is 0.410 e. The normalized spacial score (nSPS) is 15.9. The first-order valence-corrected chi connectivity index (χ1v) is 18.5. The molecule has 0 radical (unpaired) electrons. The van der Waals surface area contributed by atoms with Gasteiger partial charge in [-0.25, -0.2) is 9.59 Å². The van der Waals surface area contributed by atoms with Gasteiger partial charge in [0.05, 0.1) is 18.7 Å². The van der Waals surface area contributed by atoms with Crippen LogP contribution in [0.5, 0.6) is 0 Å². The number of carbonyl (C=O) groups is 5. The summed E-state index contributed by atoms with van der Waals surface area (Å²) in [6.07, 6.45) is -0.425. The number of esters is 1. The summed E-state index contributed by atoms with van der Waals surface area (Å²) in [6, 6.07) is 18.4. The molecule has 3 aromatic carbocycles. The first-order chi connectivity index (χ1) is 25.2. The lowest BCUT2D eigenvalue weighted by Gasteiger charge is -2.43. The summed E-state index contributed by atoms with van der Waals surface area (Å²) in [7, 11) is 2.79. The number of amides is 4. The van der Waals surface area contributed by atoms with Crippen molar-refractivity contribution in [1.82, 2.24) is 20.0 Å². The van der Waals surface area contributed by atoms with Gasteiger partial charge in [0.25, 0.3) is 0 Å². The van der Waals surface area contributed by atoms with Gasteiger partial charge in [0, 0.05) is 31.6 Å². The van der Waals surface area contributed by atoms with E-state index in [0.717, 1.165) is 22.3 Å². The number of hydrogen-bond donors (Lipinski definition) is 1. The molecule has 1 N–H and O–H groups in total. The summed E-state index contributed by atoms with van der Waals surface area (Å²) in [5.41, 5.74) is 2.16. The Balaban J connectivity index is 1.73. The molecule has 1 heterocycles. The third-order valence-electron chi connectivity index (χ3n) is 9.69. The summed E-state index contributed by atoms with van der Waals surface area (Å²) in [6.45, 7) is 14.5. The highest BCUT2D eigenvalue weighted by Gasteiger charge is 2.44. The van der Waals surface area contributed by atoms with Gasteiger partial charge in [-0.2, -0.15) is 0 Å². The van der Waals surface area contributed by atoms with E-state index in [-0.39, 0.29) is 25.4 Å². The molecule has 290 valence electrons. The van der Waals surface area contributed by atoms with Crippen LogP contribution in [-0.4, -0.2) is 82.4 Å². The summed E-state index contributed by atoms with van der Waals surface area (Å²) in [5.74, 6) is -1.75. The van der Waals surface area contributed by atoms with Crippen molar-refractivity contribution in [2.24, 2.45) is 5.41 Å². The zero-order valence-electron chi connectivity index (χ0n) is 32.9. The summed E-state index contributed by atoms with van der Waals surface area (Å²) >= 11 is 6.69. The van der Waals surface area contributed by atoms with Crippen LogP contribution in [0.1, 0.15) is 94.0 Å². The zero-order valence-corrected chi connectivity index (χ0v) is 33.7. The SMILES string of the molecule is COC(=O)c1ccc(CN(C(=O)C2Cc3ccccc3CN2C(=O)C(NC(=O)C(C)N(C)C(=O)OC(C)(C)C)C(C)(C)C)[C@H](C)c2ccccc2Cl)cc1. The molecule has 0 bridgehead atoms. The Hall–Kier alpha value is -4.90. The fourth-order valence-corrected chi connectivity index (χ4v) is 6.65. The van der Waals surface area contributed by atoms with Gasteiger partial charge in [0.15, 0.2) is 0 Å². The molecule has 54 heavy (non-hydrogen) atoms. The molecule has 4 rings (SSSR count). The molecule has 12 heteroatoms. The lowest BCUT2D eigenvalue weighted by Crippen LogP contribution is -2.62. The van der Waals surface area contributed by atoms with E-state index in [9.17, 15) is 19.2 Å². The fourth-order valence-electron chi connectivity index (χ4n) is 6.36. The van der Waals surface area contributed by atoms with E-state index in [2.05, 4.69) is 5.32 Å². The van der Waals surface area contributed by atoms with Gasteiger partial charge in [0.2, 0.25) is 17.7 Å². The van der Waals surface area contributed by atoms with Crippen molar-refractivity contribution in [2.75, 3.05) is 14.2 Å². The summed E-state index contributed by atoms with van der Waals surface area (Å²) < 4.78 is 10.3. The van der Waals surface area contributed by atoms with Crippen LogP contribution in [0.3, 0.4) is 0 Å². The van der Waals surface area contributed by atoms with Crippen LogP contribution in [0.25, 0.3) is 0 Å². The third-order valence-corrected chi connectivity index (χ3v) is 10.0. The van der Waals surface area contributed by atoms with Gasteiger partial charge in [-0.3, -0.25) is 19.3 Å². The minimum atomic E-state index is -1.06. The van der Waals surface area contributed by atoms with E-state index >= 15 is 4.79 Å². The second-order valence-electron chi connectivity index (χ2n) is 15.9. The number of carbonyl (C=O) groups excluding carboxylic acids is 5. The van der Waals surface area contributed by atoms with E-state index in [0.29, 0.717) is 10.6 Å². The highest BCUT2D eigenvalue weighted by atomic mass is 35.5. The Morgan fingerprint density at radius 1 is 0.889 bits per heavy atom. The van der Waals surface area contributed by atoms with Crippen LogP contribution in [-0.2, 0) is 43.4 Å². The molecule has 1 aliphatic heterocycles. The maximum absolute atomic E-state index is 15.1. The molecule has 1 aliphatic rings. The van der Waals surface area contributed by atoms with Gasteiger partial charge < -0.3 is 24.6 Å². The van der Waals surface area contributed by atoms with Gasteiger partial charge in [-0.15, -0.1) is 0 Å².